The maximum Gasteiger partial charge on any atom is 0.229 e. The van der Waals surface area contributed by atoms with E-state index in [0.717, 1.165) is 55.5 Å². The Balaban J connectivity index is 1.31. The van der Waals surface area contributed by atoms with E-state index in [1.54, 1.807) is 6.20 Å². The molecule has 0 spiro atoms. The van der Waals surface area contributed by atoms with Crippen LogP contribution in [0.3, 0.4) is 0 Å². The summed E-state index contributed by atoms with van der Waals surface area (Å²) < 4.78 is 5.50. The van der Waals surface area contributed by atoms with Crippen LogP contribution in [0.5, 0.6) is 0 Å². The van der Waals surface area contributed by atoms with Gasteiger partial charge in [-0.05, 0) is 43.4 Å². The van der Waals surface area contributed by atoms with E-state index < -0.39 is 6.10 Å². The molecule has 2 aliphatic heterocycles. The number of halogens is 1. The number of piperazine rings is 1. The molecule has 3 heterocycles. The number of nitrogens with zero attached hydrogens (tertiary/aromatic N) is 4. The van der Waals surface area contributed by atoms with Crippen molar-refractivity contribution in [1.29, 1.82) is 5.26 Å². The highest BCUT2D eigenvalue weighted by molar-refractivity contribution is 6.34. The first-order valence-electron chi connectivity index (χ1n) is 11.4. The Morgan fingerprint density at radius 2 is 2.06 bits per heavy atom. The number of ether oxygens (including phenoxy) is 1. The molecule has 1 aromatic carbocycles. The van der Waals surface area contributed by atoms with Crippen LogP contribution in [0.2, 0.25) is 5.02 Å². The van der Waals surface area contributed by atoms with Gasteiger partial charge < -0.3 is 20.1 Å². The fourth-order valence-electron chi connectivity index (χ4n) is 5.06. The van der Waals surface area contributed by atoms with Crippen molar-refractivity contribution in [2.75, 3.05) is 49.6 Å². The number of nitrogens with one attached hydrogen (secondary N) is 1. The van der Waals surface area contributed by atoms with Crippen molar-refractivity contribution in [1.82, 2.24) is 9.88 Å². The molecule has 1 aromatic heterocycles. The molecule has 3 fully saturated rings. The number of hydrogen-bond acceptors (Lipinski definition) is 7. The van der Waals surface area contributed by atoms with Gasteiger partial charge in [0.25, 0.3) is 0 Å². The number of fused-ring (bicyclic) bond motifs is 1. The number of anilines is 2. The minimum Gasteiger partial charge on any atom is -0.389 e. The molecule has 2 N–H and O–H groups in total. The van der Waals surface area contributed by atoms with E-state index in [4.69, 9.17) is 21.6 Å². The molecule has 3 aliphatic rings. The van der Waals surface area contributed by atoms with Crippen LogP contribution >= 0.6 is 11.6 Å². The number of rotatable bonds is 4. The Hall–Kier alpha value is -2.44. The lowest BCUT2D eigenvalue weighted by molar-refractivity contribution is -0.123. The first-order chi connectivity index (χ1) is 15.9. The zero-order chi connectivity index (χ0) is 23.2. The van der Waals surface area contributed by atoms with Gasteiger partial charge in [0.15, 0.2) is 0 Å². The van der Waals surface area contributed by atoms with Crippen molar-refractivity contribution in [2.45, 2.75) is 31.4 Å². The van der Waals surface area contributed by atoms with Crippen LogP contribution in [0.1, 0.15) is 19.8 Å². The average molecular weight is 470 g/mol. The van der Waals surface area contributed by atoms with Gasteiger partial charge in [-0.3, -0.25) is 9.69 Å². The van der Waals surface area contributed by atoms with Gasteiger partial charge in [0.2, 0.25) is 5.91 Å². The monoisotopic (exact) mass is 469 g/mol. The van der Waals surface area contributed by atoms with E-state index in [-0.39, 0.29) is 23.3 Å². The molecule has 1 saturated carbocycles. The summed E-state index contributed by atoms with van der Waals surface area (Å²) in [6.07, 6.45) is 2.76. The van der Waals surface area contributed by atoms with E-state index in [9.17, 15) is 9.90 Å². The predicted molar refractivity (Wildman–Crippen MR) is 126 cm³/mol. The smallest absolute Gasteiger partial charge is 0.229 e. The topological polar surface area (TPSA) is 102 Å². The lowest BCUT2D eigenvalue weighted by atomic mass is 9.74. The van der Waals surface area contributed by atoms with Gasteiger partial charge in [-0.2, -0.15) is 5.26 Å². The summed E-state index contributed by atoms with van der Waals surface area (Å²) in [5.74, 6) is -0.113. The molecule has 0 bridgehead atoms. The summed E-state index contributed by atoms with van der Waals surface area (Å²) in [6, 6.07) is 8.01. The molecule has 33 heavy (non-hydrogen) atoms. The standard InChI is InChI=1S/C24H28ClN5O3/c1-24(14-33-13-21(24)31)30-6-4-29(5-7-30)20-9-16-10-22(27-12-17(16)8-19(20)25)28-23(32)18-3-2-15(18)11-26/h8-10,12,15,18,21,31H,2-7,13-14H2,1H3,(H,27,28,32)/t15-,18+,21+,24-/m0/s1. The summed E-state index contributed by atoms with van der Waals surface area (Å²) >= 11 is 6.63. The Morgan fingerprint density at radius 3 is 2.70 bits per heavy atom. The molecular formula is C24H28ClN5O3. The van der Waals surface area contributed by atoms with Gasteiger partial charge in [0.1, 0.15) is 5.82 Å². The molecule has 4 atom stereocenters. The van der Waals surface area contributed by atoms with Crippen LogP contribution in [-0.2, 0) is 9.53 Å². The normalized spacial score (nSPS) is 30.1. The fourth-order valence-corrected chi connectivity index (χ4v) is 5.36. The molecule has 8 nitrogen and oxygen atoms in total. The zero-order valence-electron chi connectivity index (χ0n) is 18.6. The number of carbonyl (C=O) groups is 1. The van der Waals surface area contributed by atoms with Crippen LogP contribution in [0.4, 0.5) is 11.5 Å². The summed E-state index contributed by atoms with van der Waals surface area (Å²) in [7, 11) is 0. The highest BCUT2D eigenvalue weighted by Gasteiger charge is 2.44. The summed E-state index contributed by atoms with van der Waals surface area (Å²) in [4.78, 5) is 21.4. The Labute approximate surface area is 198 Å². The summed E-state index contributed by atoms with van der Waals surface area (Å²) in [5, 5.41) is 24.9. The van der Waals surface area contributed by atoms with Crippen molar-refractivity contribution in [3.8, 4) is 6.07 Å². The molecule has 1 aliphatic carbocycles. The number of aliphatic hydroxyl groups excluding tert-OH is 1. The second kappa shape index (κ2) is 8.73. The van der Waals surface area contributed by atoms with E-state index in [1.165, 1.54) is 0 Å². The van der Waals surface area contributed by atoms with E-state index >= 15 is 0 Å². The lowest BCUT2D eigenvalue weighted by Crippen LogP contribution is -2.60. The van der Waals surface area contributed by atoms with Gasteiger partial charge in [-0.25, -0.2) is 4.98 Å². The predicted octanol–water partition coefficient (Wildman–Crippen LogP) is 2.65. The van der Waals surface area contributed by atoms with Crippen LogP contribution in [0, 0.1) is 23.2 Å². The van der Waals surface area contributed by atoms with Gasteiger partial charge in [-0.15, -0.1) is 0 Å². The van der Waals surface area contributed by atoms with E-state index in [1.807, 2.05) is 18.2 Å². The van der Waals surface area contributed by atoms with Crippen LogP contribution in [-0.4, -0.2) is 71.9 Å². The number of amides is 1. The third-order valence-electron chi connectivity index (χ3n) is 7.55. The van der Waals surface area contributed by atoms with Crippen molar-refractivity contribution in [3.05, 3.63) is 29.4 Å². The number of carbonyl (C=O) groups excluding carboxylic acids is 1. The first kappa shape index (κ1) is 22.4. The molecular weight excluding hydrogens is 442 g/mol. The highest BCUT2D eigenvalue weighted by atomic mass is 35.5. The van der Waals surface area contributed by atoms with Gasteiger partial charge in [-0.1, -0.05) is 11.6 Å². The van der Waals surface area contributed by atoms with E-state index in [2.05, 4.69) is 33.1 Å². The number of aliphatic hydroxyl groups is 1. The van der Waals surface area contributed by atoms with Gasteiger partial charge in [0, 0.05) is 37.8 Å². The Kier molecular flexibility index (Phi) is 5.91. The largest absolute Gasteiger partial charge is 0.389 e. The Morgan fingerprint density at radius 1 is 1.27 bits per heavy atom. The van der Waals surface area contributed by atoms with Gasteiger partial charge >= 0.3 is 0 Å². The molecule has 0 radical (unpaired) electrons. The molecule has 2 saturated heterocycles. The second-order valence-electron chi connectivity index (χ2n) is 9.49. The number of hydrogen-bond donors (Lipinski definition) is 2. The molecule has 9 heteroatoms. The number of pyridine rings is 1. The van der Waals surface area contributed by atoms with Crippen LogP contribution in [0.15, 0.2) is 24.4 Å². The van der Waals surface area contributed by atoms with Crippen molar-refractivity contribution < 1.29 is 14.6 Å². The minimum atomic E-state index is -0.474. The molecule has 5 rings (SSSR count). The number of aromatic nitrogens is 1. The number of nitriles is 1. The van der Waals surface area contributed by atoms with E-state index in [0.29, 0.717) is 24.1 Å². The van der Waals surface area contributed by atoms with Crippen molar-refractivity contribution >= 4 is 39.8 Å². The summed E-state index contributed by atoms with van der Waals surface area (Å²) in [6.45, 7) is 6.20. The van der Waals surface area contributed by atoms with Crippen molar-refractivity contribution in [3.63, 3.8) is 0 Å². The highest BCUT2D eigenvalue weighted by Crippen LogP contribution is 2.36. The lowest BCUT2D eigenvalue weighted by Gasteiger charge is -2.45. The second-order valence-corrected chi connectivity index (χ2v) is 9.90. The zero-order valence-corrected chi connectivity index (χ0v) is 19.4. The molecule has 1 amide bonds. The minimum absolute atomic E-state index is 0.142. The van der Waals surface area contributed by atoms with Gasteiger partial charge in [0.05, 0.1) is 53.5 Å². The first-order valence-corrected chi connectivity index (χ1v) is 11.8. The molecule has 0 unspecified atom stereocenters. The molecule has 2 aromatic rings. The third kappa shape index (κ3) is 4.04. The average Bonchev–Trinajstić information content (AvgIpc) is 3.12. The van der Waals surface area contributed by atoms with Crippen molar-refractivity contribution in [2.24, 2.45) is 11.8 Å². The number of benzene rings is 1. The van der Waals surface area contributed by atoms with Crippen LogP contribution in [0.25, 0.3) is 10.8 Å². The molecule has 174 valence electrons. The fraction of sp³-hybridized carbons (Fsp3) is 0.542. The van der Waals surface area contributed by atoms with Crippen LogP contribution < -0.4 is 10.2 Å². The maximum atomic E-state index is 12.5. The summed E-state index contributed by atoms with van der Waals surface area (Å²) in [5.41, 5.74) is 0.604. The quantitative estimate of drug-likeness (QED) is 0.709. The SMILES string of the molecule is C[C@]1(N2CCN(c3cc4cc(NC(=O)[C@@H]5CC[C@H]5C#N)ncc4cc3Cl)CC2)COC[C@H]1O. The maximum absolute atomic E-state index is 12.5. The Bertz CT molecular complexity index is 1110. The third-order valence-corrected chi connectivity index (χ3v) is 7.85.